The molecule has 1 amide bonds. The minimum Gasteiger partial charge on any atom is -0.756 e. The second-order valence-corrected chi connectivity index (χ2v) is 15.8. The smallest absolute Gasteiger partial charge is 0.478 e. The van der Waals surface area contributed by atoms with E-state index in [1.54, 1.807) is 0 Å². The minimum absolute atomic E-state index is 0.00802. The molecule has 54 heavy (non-hydrogen) atoms. The van der Waals surface area contributed by atoms with Crippen molar-refractivity contribution in [3.63, 3.8) is 0 Å². The number of carbonyl (C=O) groups is 2. The highest BCUT2D eigenvalue weighted by atomic mass is 31.3. The van der Waals surface area contributed by atoms with E-state index < -0.39 is 121 Å². The van der Waals surface area contributed by atoms with Crippen LogP contribution >= 0.6 is 23.5 Å². The van der Waals surface area contributed by atoms with E-state index in [0.717, 1.165) is 29.4 Å². The fourth-order valence-electron chi connectivity index (χ4n) is 5.30. The zero-order valence-corrected chi connectivity index (χ0v) is 29.6. The first-order valence-corrected chi connectivity index (χ1v) is 19.4. The van der Waals surface area contributed by atoms with Crippen LogP contribution in [-0.4, -0.2) is 128 Å². The molecular weight excluding hydrogens is 799 g/mol. The number of aliphatic hydroxyl groups is 5. The molecule has 0 aromatic carbocycles. The number of nitrogens with zero attached hydrogens (tertiary/aromatic N) is 5. The third-order valence-corrected chi connectivity index (χ3v) is 10.9. The predicted octanol–water partition coefficient (Wildman–Crippen LogP) is -4.94. The molecule has 30 heteroatoms. The average Bonchev–Trinajstić information content (AvgIpc) is 3.74. The average molecular weight is 831 g/mol. The molecule has 11 unspecified atom stereocenters. The summed E-state index contributed by atoms with van der Waals surface area (Å²) >= 11 is 0. The molecule has 3 aromatic rings. The van der Waals surface area contributed by atoms with Crippen LogP contribution in [0.25, 0.3) is 11.2 Å². The van der Waals surface area contributed by atoms with Crippen LogP contribution in [0, 0.1) is 0 Å². The number of amides is 1. The summed E-state index contributed by atoms with van der Waals surface area (Å²) in [5.41, 5.74) is 10.4. The predicted molar refractivity (Wildman–Crippen MR) is 165 cm³/mol. The lowest BCUT2D eigenvalue weighted by Crippen LogP contribution is -2.47. The number of phosphoric acid groups is 3. The monoisotopic (exact) mass is 831 g/mol. The lowest BCUT2D eigenvalue weighted by molar-refractivity contribution is -0.765. The first kappa shape index (κ1) is 41.9. The number of hydrogen-bond donors (Lipinski definition) is 10. The van der Waals surface area contributed by atoms with Gasteiger partial charge in [0, 0.05) is 11.6 Å². The molecule has 27 nitrogen and oxygen atoms in total. The van der Waals surface area contributed by atoms with Crippen LogP contribution in [0.1, 0.15) is 34.5 Å². The third kappa shape index (κ3) is 9.39. The minimum atomic E-state index is -5.78. The molecule has 298 valence electrons. The van der Waals surface area contributed by atoms with Crippen LogP contribution in [0.4, 0.5) is 5.82 Å². The molecule has 12 N–H and O–H groups in total. The van der Waals surface area contributed by atoms with E-state index in [-0.39, 0.29) is 17.0 Å². The van der Waals surface area contributed by atoms with Crippen molar-refractivity contribution < 1.29 is 100 Å². The van der Waals surface area contributed by atoms with E-state index >= 15 is 0 Å². The Morgan fingerprint density at radius 3 is 2.28 bits per heavy atom. The van der Waals surface area contributed by atoms with Crippen LogP contribution in [-0.2, 0) is 45.8 Å². The summed E-state index contributed by atoms with van der Waals surface area (Å²) in [5, 5.41) is 52.4. The zero-order chi connectivity index (χ0) is 39.9. The van der Waals surface area contributed by atoms with Crippen molar-refractivity contribution in [1.82, 2.24) is 19.5 Å². The highest BCUT2D eigenvalue weighted by Crippen LogP contribution is 2.58. The number of rotatable bonds is 16. The van der Waals surface area contributed by atoms with Gasteiger partial charge in [0.1, 0.15) is 60.6 Å². The number of primary amides is 1. The standard InChI is InChI=1S/C24H32N7O20P3/c25-20-14-22(28-7-27-20)31(8-29-14)24-19(37)17(35)13(50-24)6-48-54(44,45)51-53(42,43)47-5-12-16(34)18(36)23(49-12)30-2-1-9(10(3-30)21(26)38)15(33)11(32)4-46-52(39,40)41/h1-3,7-8,12-13,15-19,23-24,33-37H,4-6H2,(H7-,25,26,27,28,38,39,40,41,42,43,44,45). The normalized spacial score (nSPS) is 28.8. The van der Waals surface area contributed by atoms with Crippen molar-refractivity contribution in [2.24, 2.45) is 5.73 Å². The number of nitrogen functional groups attached to an aromatic ring is 1. The van der Waals surface area contributed by atoms with Crippen molar-refractivity contribution in [2.45, 2.75) is 55.2 Å². The number of nitrogens with two attached hydrogens (primary N) is 2. The zero-order valence-electron chi connectivity index (χ0n) is 26.9. The van der Waals surface area contributed by atoms with Gasteiger partial charge in [-0.2, -0.15) is 4.57 Å². The second kappa shape index (κ2) is 16.1. The van der Waals surface area contributed by atoms with Crippen LogP contribution in [0.3, 0.4) is 0 Å². The Morgan fingerprint density at radius 1 is 0.963 bits per heavy atom. The van der Waals surface area contributed by atoms with E-state index in [1.807, 2.05) is 0 Å². The van der Waals surface area contributed by atoms with Gasteiger partial charge in [0.25, 0.3) is 20.0 Å². The van der Waals surface area contributed by atoms with Crippen molar-refractivity contribution in [2.75, 3.05) is 25.6 Å². The van der Waals surface area contributed by atoms with Gasteiger partial charge in [-0.25, -0.2) is 28.4 Å². The molecule has 0 spiro atoms. The number of ketones is 1. The molecule has 0 radical (unpaired) electrons. The van der Waals surface area contributed by atoms with Gasteiger partial charge in [0.05, 0.1) is 19.5 Å². The van der Waals surface area contributed by atoms with Crippen LogP contribution in [0.2, 0.25) is 0 Å². The summed E-state index contributed by atoms with van der Waals surface area (Å²) in [6.07, 6.45) is -11.3. The lowest BCUT2D eigenvalue weighted by Gasteiger charge is -2.26. The number of anilines is 1. The summed E-state index contributed by atoms with van der Waals surface area (Å²) in [7, 11) is -16.4. The number of hydrogen-bond acceptors (Lipinski definition) is 21. The highest BCUT2D eigenvalue weighted by molar-refractivity contribution is 7.60. The number of phosphoric ester groups is 3. The first-order chi connectivity index (χ1) is 25.1. The third-order valence-electron chi connectivity index (χ3n) is 7.89. The molecule has 5 rings (SSSR count). The van der Waals surface area contributed by atoms with Crippen molar-refractivity contribution in [3.8, 4) is 0 Å². The Bertz CT molecular complexity index is 2030. The quantitative estimate of drug-likeness (QED) is 0.0477. The summed E-state index contributed by atoms with van der Waals surface area (Å²) < 4.78 is 66.3. The number of aliphatic hydroxyl groups excluding tert-OH is 5. The molecule has 5 heterocycles. The van der Waals surface area contributed by atoms with Gasteiger partial charge in [-0.1, -0.05) is 0 Å². The summed E-state index contributed by atoms with van der Waals surface area (Å²) in [6.45, 7) is -3.38. The van der Waals surface area contributed by atoms with Crippen molar-refractivity contribution in [1.29, 1.82) is 0 Å². The summed E-state index contributed by atoms with van der Waals surface area (Å²) in [6, 6.07) is 0.951. The maximum absolute atomic E-state index is 12.5. The lowest BCUT2D eigenvalue weighted by atomic mass is 10.0. The van der Waals surface area contributed by atoms with Gasteiger partial charge in [0.2, 0.25) is 0 Å². The molecule has 2 aliphatic rings. The Labute approximate surface area is 300 Å². The van der Waals surface area contributed by atoms with Crippen molar-refractivity contribution in [3.05, 3.63) is 42.2 Å². The second-order valence-electron chi connectivity index (χ2n) is 11.5. The maximum atomic E-state index is 12.5. The van der Waals surface area contributed by atoms with Crippen LogP contribution < -0.4 is 20.9 Å². The molecule has 0 saturated carbocycles. The van der Waals surface area contributed by atoms with E-state index in [4.69, 9.17) is 30.7 Å². The molecule has 0 bridgehead atoms. The molecule has 3 aromatic heterocycles. The summed E-state index contributed by atoms with van der Waals surface area (Å²) in [4.78, 5) is 76.1. The Kier molecular flexibility index (Phi) is 12.5. The van der Waals surface area contributed by atoms with Gasteiger partial charge in [-0.05, 0) is 0 Å². The number of aromatic nitrogens is 5. The topological polar surface area (TPSA) is 425 Å². The fraction of sp³-hybridized carbons (Fsp3) is 0.500. The SMILES string of the molecule is NC(=O)c1c[n+](C2OC(COP(=O)([O-])OP(=O)(O)OCC3OC(n4cnc5c(N)ncnc54)C(O)C3O)C(O)C2O)ccc1C(O)C(=O)COP(=O)(O)O. The molecule has 0 aliphatic carbocycles. The largest absolute Gasteiger partial charge is 0.756 e. The number of pyridine rings is 1. The number of fused-ring (bicyclic) bond motifs is 1. The Morgan fingerprint density at radius 2 is 1.61 bits per heavy atom. The molecular formula is C24H32N7O20P3. The number of carbonyl (C=O) groups excluding carboxylic acids is 2. The van der Waals surface area contributed by atoms with E-state index in [1.165, 1.54) is 10.9 Å². The molecule has 11 atom stereocenters. The Balaban J connectivity index is 1.17. The fourth-order valence-corrected chi connectivity index (χ4v) is 7.65. The number of ether oxygens (including phenoxy) is 2. The summed E-state index contributed by atoms with van der Waals surface area (Å²) in [5.74, 6) is -2.50. The van der Waals surface area contributed by atoms with Crippen LogP contribution in [0.5, 0.6) is 0 Å². The number of imidazole rings is 1. The van der Waals surface area contributed by atoms with Gasteiger partial charge in [-0.3, -0.25) is 27.8 Å². The number of Topliss-reactive ketones (excluding diaryl/α,β-unsaturated/α-hetero) is 1. The van der Waals surface area contributed by atoms with E-state index in [0.29, 0.717) is 0 Å². The maximum Gasteiger partial charge on any atom is 0.478 e. The van der Waals surface area contributed by atoms with E-state index in [9.17, 15) is 58.6 Å². The van der Waals surface area contributed by atoms with Gasteiger partial charge in [-0.15, -0.1) is 0 Å². The molecule has 2 fully saturated rings. The van der Waals surface area contributed by atoms with Gasteiger partial charge in [0.15, 0.2) is 42.0 Å². The Hall–Kier alpha value is -3.27. The van der Waals surface area contributed by atoms with Gasteiger partial charge < -0.3 is 70.6 Å². The first-order valence-electron chi connectivity index (χ1n) is 14.9. The van der Waals surface area contributed by atoms with Gasteiger partial charge >= 0.3 is 15.6 Å². The highest BCUT2D eigenvalue weighted by Gasteiger charge is 2.50. The van der Waals surface area contributed by atoms with Crippen LogP contribution in [0.15, 0.2) is 31.1 Å². The van der Waals surface area contributed by atoms with Crippen molar-refractivity contribution >= 4 is 52.1 Å². The molecule has 2 saturated heterocycles. The van der Waals surface area contributed by atoms with E-state index in [2.05, 4.69) is 32.8 Å². The molecule has 2 aliphatic heterocycles.